The first-order chi connectivity index (χ1) is 9.09. The second-order valence-corrected chi connectivity index (χ2v) is 6.30. The minimum Gasteiger partial charge on any atom is -0.454 e. The molecule has 0 unspecified atom stereocenters. The Morgan fingerprint density at radius 1 is 1.16 bits per heavy atom. The molecule has 2 aliphatic heterocycles. The minimum absolute atomic E-state index is 0.0821. The maximum absolute atomic E-state index is 12.5. The predicted octanol–water partition coefficient (Wildman–Crippen LogP) is -0.409. The smallest absolute Gasteiger partial charge is 0.245 e. The third kappa shape index (κ3) is 2.11. The van der Waals surface area contributed by atoms with Gasteiger partial charge in [0.25, 0.3) is 0 Å². The van der Waals surface area contributed by atoms with Crippen molar-refractivity contribution in [2.45, 2.75) is 4.90 Å². The maximum Gasteiger partial charge on any atom is 0.245 e. The summed E-state index contributed by atoms with van der Waals surface area (Å²) in [6.07, 6.45) is 0. The monoisotopic (exact) mass is 285 g/mol. The Hall–Kier alpha value is -1.51. The highest BCUT2D eigenvalue weighted by Gasteiger charge is 2.30. The van der Waals surface area contributed by atoms with Crippen LogP contribution < -0.4 is 20.5 Å². The highest BCUT2D eigenvalue weighted by molar-refractivity contribution is 7.89. The molecule has 1 saturated heterocycles. The second kappa shape index (κ2) is 4.55. The van der Waals surface area contributed by atoms with Crippen LogP contribution in [0.3, 0.4) is 0 Å². The molecule has 2 aliphatic rings. The van der Waals surface area contributed by atoms with Crippen LogP contribution in [0.25, 0.3) is 0 Å². The number of rotatable bonds is 2. The summed E-state index contributed by atoms with van der Waals surface area (Å²) in [5, 5.41) is 3.11. The van der Waals surface area contributed by atoms with Crippen molar-refractivity contribution in [3.63, 3.8) is 0 Å². The van der Waals surface area contributed by atoms with E-state index in [1.807, 2.05) is 0 Å². The van der Waals surface area contributed by atoms with Gasteiger partial charge in [-0.1, -0.05) is 0 Å². The largest absolute Gasteiger partial charge is 0.454 e. The lowest BCUT2D eigenvalue weighted by atomic mass is 10.3. The Bertz CT molecular complexity index is 596. The number of fused-ring (bicyclic) bond motifs is 1. The van der Waals surface area contributed by atoms with Crippen LogP contribution in [0.15, 0.2) is 17.0 Å². The first-order valence-electron chi connectivity index (χ1n) is 5.99. The van der Waals surface area contributed by atoms with Gasteiger partial charge in [-0.05, 0) is 0 Å². The van der Waals surface area contributed by atoms with Crippen LogP contribution in [-0.4, -0.2) is 45.7 Å². The molecule has 0 aromatic heterocycles. The number of sulfonamides is 1. The summed E-state index contributed by atoms with van der Waals surface area (Å²) >= 11 is 0. The van der Waals surface area contributed by atoms with E-state index in [0.717, 1.165) is 0 Å². The van der Waals surface area contributed by atoms with Crippen LogP contribution >= 0.6 is 0 Å². The molecule has 1 aromatic rings. The molecule has 8 heteroatoms. The number of benzene rings is 1. The molecule has 0 amide bonds. The van der Waals surface area contributed by atoms with Crippen LogP contribution in [0, 0.1) is 0 Å². The fourth-order valence-electron chi connectivity index (χ4n) is 2.19. The summed E-state index contributed by atoms with van der Waals surface area (Å²) < 4.78 is 36.9. The quantitative estimate of drug-likeness (QED) is 0.718. The molecule has 3 rings (SSSR count). The minimum atomic E-state index is -3.58. The SMILES string of the molecule is Nc1cc2c(cc1S(=O)(=O)N1CCNCC1)OCO2. The Balaban J connectivity index is 2.01. The summed E-state index contributed by atoms with van der Waals surface area (Å²) in [4.78, 5) is 0.0821. The first kappa shape index (κ1) is 12.5. The molecule has 1 fully saturated rings. The van der Waals surface area contributed by atoms with Crippen molar-refractivity contribution in [2.75, 3.05) is 38.7 Å². The van der Waals surface area contributed by atoms with Crippen molar-refractivity contribution in [1.29, 1.82) is 0 Å². The number of anilines is 1. The average molecular weight is 285 g/mol. The number of nitrogens with zero attached hydrogens (tertiary/aromatic N) is 1. The predicted molar refractivity (Wildman–Crippen MR) is 68.6 cm³/mol. The lowest BCUT2D eigenvalue weighted by molar-refractivity contribution is 0.174. The van der Waals surface area contributed by atoms with E-state index in [2.05, 4.69) is 5.32 Å². The highest BCUT2D eigenvalue weighted by atomic mass is 32.2. The van der Waals surface area contributed by atoms with Gasteiger partial charge < -0.3 is 20.5 Å². The fourth-order valence-corrected chi connectivity index (χ4v) is 3.74. The van der Waals surface area contributed by atoms with Crippen molar-refractivity contribution >= 4 is 15.7 Å². The van der Waals surface area contributed by atoms with E-state index in [9.17, 15) is 8.42 Å². The number of ether oxygens (including phenoxy) is 2. The number of piperazine rings is 1. The molecule has 0 spiro atoms. The topological polar surface area (TPSA) is 93.9 Å². The van der Waals surface area contributed by atoms with Crippen LogP contribution in [0.5, 0.6) is 11.5 Å². The average Bonchev–Trinajstić information content (AvgIpc) is 2.85. The molecule has 19 heavy (non-hydrogen) atoms. The van der Waals surface area contributed by atoms with Gasteiger partial charge in [-0.3, -0.25) is 0 Å². The molecule has 1 aromatic carbocycles. The van der Waals surface area contributed by atoms with Crippen LogP contribution in [-0.2, 0) is 10.0 Å². The molecular formula is C11H15N3O4S. The lowest BCUT2D eigenvalue weighted by Gasteiger charge is -2.27. The standard InChI is InChI=1S/C11H15N3O4S/c12-8-5-9-10(18-7-17-9)6-11(8)19(15,16)14-3-1-13-2-4-14/h5-6,13H,1-4,7,12H2. The molecule has 3 N–H and O–H groups in total. The van der Waals surface area contributed by atoms with E-state index >= 15 is 0 Å². The Morgan fingerprint density at radius 3 is 2.47 bits per heavy atom. The molecule has 2 heterocycles. The zero-order valence-corrected chi connectivity index (χ0v) is 11.1. The molecular weight excluding hydrogens is 270 g/mol. The zero-order valence-electron chi connectivity index (χ0n) is 10.3. The molecule has 0 bridgehead atoms. The van der Waals surface area contributed by atoms with Gasteiger partial charge in [0.1, 0.15) is 4.90 Å². The van der Waals surface area contributed by atoms with Crippen molar-refractivity contribution in [1.82, 2.24) is 9.62 Å². The Labute approximate surface area is 111 Å². The van der Waals surface area contributed by atoms with E-state index in [-0.39, 0.29) is 17.4 Å². The van der Waals surface area contributed by atoms with Gasteiger partial charge in [-0.25, -0.2) is 8.42 Å². The number of nitrogens with two attached hydrogens (primary N) is 1. The molecule has 0 radical (unpaired) electrons. The third-order valence-electron chi connectivity index (χ3n) is 3.20. The van der Waals surface area contributed by atoms with Gasteiger partial charge in [0.05, 0.1) is 5.69 Å². The van der Waals surface area contributed by atoms with E-state index in [0.29, 0.717) is 37.7 Å². The van der Waals surface area contributed by atoms with E-state index in [1.165, 1.54) is 16.4 Å². The van der Waals surface area contributed by atoms with Crippen LogP contribution in [0.1, 0.15) is 0 Å². The van der Waals surface area contributed by atoms with Crippen molar-refractivity contribution in [3.05, 3.63) is 12.1 Å². The summed E-state index contributed by atoms with van der Waals surface area (Å²) in [6, 6.07) is 2.94. The number of hydrogen-bond acceptors (Lipinski definition) is 6. The molecule has 0 atom stereocenters. The van der Waals surface area contributed by atoms with Crippen molar-refractivity contribution < 1.29 is 17.9 Å². The zero-order chi connectivity index (χ0) is 13.5. The third-order valence-corrected chi connectivity index (χ3v) is 5.15. The van der Waals surface area contributed by atoms with Crippen LogP contribution in [0.4, 0.5) is 5.69 Å². The van der Waals surface area contributed by atoms with Crippen LogP contribution in [0.2, 0.25) is 0 Å². The highest BCUT2D eigenvalue weighted by Crippen LogP contribution is 2.38. The fraction of sp³-hybridized carbons (Fsp3) is 0.455. The summed E-state index contributed by atoms with van der Waals surface area (Å²) in [5.41, 5.74) is 6.01. The van der Waals surface area contributed by atoms with Gasteiger partial charge in [0.2, 0.25) is 16.8 Å². The molecule has 7 nitrogen and oxygen atoms in total. The lowest BCUT2D eigenvalue weighted by Crippen LogP contribution is -2.46. The summed E-state index contributed by atoms with van der Waals surface area (Å²) in [7, 11) is -3.58. The molecule has 0 aliphatic carbocycles. The summed E-state index contributed by atoms with van der Waals surface area (Å²) in [6.45, 7) is 2.26. The van der Waals surface area contributed by atoms with E-state index < -0.39 is 10.0 Å². The van der Waals surface area contributed by atoms with Gasteiger partial charge in [0.15, 0.2) is 11.5 Å². The Morgan fingerprint density at radius 2 is 1.79 bits per heavy atom. The van der Waals surface area contributed by atoms with E-state index in [4.69, 9.17) is 15.2 Å². The number of nitrogens with one attached hydrogen (secondary N) is 1. The maximum atomic E-state index is 12.5. The van der Waals surface area contributed by atoms with Crippen molar-refractivity contribution in [3.8, 4) is 11.5 Å². The van der Waals surface area contributed by atoms with Crippen molar-refractivity contribution in [2.24, 2.45) is 0 Å². The van der Waals surface area contributed by atoms with E-state index in [1.54, 1.807) is 0 Å². The normalized spacial score (nSPS) is 19.6. The molecule has 104 valence electrons. The molecule has 0 saturated carbocycles. The number of nitrogen functional groups attached to an aromatic ring is 1. The number of hydrogen-bond donors (Lipinski definition) is 2. The second-order valence-electron chi connectivity index (χ2n) is 4.40. The van der Waals surface area contributed by atoms with Gasteiger partial charge in [-0.15, -0.1) is 0 Å². The first-order valence-corrected chi connectivity index (χ1v) is 7.43. The van der Waals surface area contributed by atoms with Gasteiger partial charge in [0, 0.05) is 38.3 Å². The van der Waals surface area contributed by atoms with Gasteiger partial charge >= 0.3 is 0 Å². The Kier molecular flexibility index (Phi) is 3.00. The summed E-state index contributed by atoms with van der Waals surface area (Å²) in [5.74, 6) is 0.902. The van der Waals surface area contributed by atoms with Gasteiger partial charge in [-0.2, -0.15) is 4.31 Å².